The summed E-state index contributed by atoms with van der Waals surface area (Å²) in [4.78, 5) is 46.6. The predicted molar refractivity (Wildman–Crippen MR) is 342 cm³/mol. The second kappa shape index (κ2) is 21.2. The van der Waals surface area contributed by atoms with E-state index in [9.17, 15) is 0 Å². The molecule has 0 bridgehead atoms. The van der Waals surface area contributed by atoms with Gasteiger partial charge in [-0.05, 0) is 88.7 Å². The molecule has 0 amide bonds. The van der Waals surface area contributed by atoms with Crippen LogP contribution in [0.3, 0.4) is 0 Å². The van der Waals surface area contributed by atoms with Crippen LogP contribution in [0.2, 0.25) is 0 Å². The number of benzene rings is 8. The van der Waals surface area contributed by atoms with Gasteiger partial charge < -0.3 is 14.5 Å². The summed E-state index contributed by atoms with van der Waals surface area (Å²) in [5.41, 5.74) is 11.4. The Morgan fingerprint density at radius 2 is 0.882 bits per heavy atom. The van der Waals surface area contributed by atoms with Crippen molar-refractivity contribution in [3.63, 3.8) is 0 Å². The Morgan fingerprint density at radius 3 is 1.44 bits per heavy atom. The van der Waals surface area contributed by atoms with Gasteiger partial charge in [0.1, 0.15) is 24.0 Å². The molecule has 13 aromatic rings. The molecule has 1 aliphatic heterocycles. The van der Waals surface area contributed by atoms with Gasteiger partial charge in [0.2, 0.25) is 0 Å². The zero-order valence-corrected chi connectivity index (χ0v) is 48.1. The number of pyridine rings is 2. The van der Waals surface area contributed by atoms with Crippen LogP contribution in [0.25, 0.3) is 96.0 Å². The zero-order valence-electron chi connectivity index (χ0n) is 48.1. The molecule has 14 rings (SSSR count). The first kappa shape index (κ1) is 52.4. The fourth-order valence-electron chi connectivity index (χ4n) is 11.2. The highest BCUT2D eigenvalue weighted by Gasteiger charge is 2.36. The third kappa shape index (κ3) is 10.1. The van der Waals surface area contributed by atoms with Crippen LogP contribution in [0.5, 0.6) is 11.5 Å². The first-order chi connectivity index (χ1) is 41.4. The van der Waals surface area contributed by atoms with Gasteiger partial charge in [-0.15, -0.1) is 0 Å². The van der Waals surface area contributed by atoms with Gasteiger partial charge in [0, 0.05) is 74.4 Å². The Morgan fingerprint density at radius 1 is 0.376 bits per heavy atom. The summed E-state index contributed by atoms with van der Waals surface area (Å²) in [7, 11) is 0. The fraction of sp³-hybridized carbons (Fsp3) is 0.123. The maximum absolute atomic E-state index is 6.90. The Labute approximate surface area is 493 Å². The fourth-order valence-corrected chi connectivity index (χ4v) is 11.2. The summed E-state index contributed by atoms with van der Waals surface area (Å²) >= 11 is 0. The molecule has 0 aliphatic carbocycles. The van der Waals surface area contributed by atoms with Crippen LogP contribution in [0, 0.1) is 0 Å². The van der Waals surface area contributed by atoms with E-state index in [1.54, 1.807) is 0 Å². The van der Waals surface area contributed by atoms with Crippen molar-refractivity contribution in [3.8, 4) is 85.6 Å². The number of ether oxygens (including phenoxy) is 1. The Balaban J connectivity index is 0.945. The maximum Gasteiger partial charge on any atom is 0.166 e. The number of hydrogen-bond donors (Lipinski definition) is 0. The summed E-state index contributed by atoms with van der Waals surface area (Å²) in [6, 6.07) is 76.2. The summed E-state index contributed by atoms with van der Waals surface area (Å²) in [6.07, 6.45) is 3.75. The molecule has 8 aromatic carbocycles. The van der Waals surface area contributed by atoms with Crippen LogP contribution in [-0.2, 0) is 10.8 Å². The molecule has 0 radical (unpaired) electrons. The summed E-state index contributed by atoms with van der Waals surface area (Å²) < 4.78 is 9.14. The van der Waals surface area contributed by atoms with Crippen LogP contribution in [0.15, 0.2) is 237 Å². The van der Waals surface area contributed by atoms with Gasteiger partial charge in [0.25, 0.3) is 0 Å². The van der Waals surface area contributed by atoms with Crippen molar-refractivity contribution in [2.45, 2.75) is 52.4 Å². The van der Waals surface area contributed by atoms with Gasteiger partial charge in [-0.2, -0.15) is 0 Å². The minimum absolute atomic E-state index is 0.0555. The molecule has 6 heterocycles. The molecular formula is C73H59N11O. The second-order valence-corrected chi connectivity index (χ2v) is 23.4. The first-order valence-electron chi connectivity index (χ1n) is 28.6. The van der Waals surface area contributed by atoms with Gasteiger partial charge in [0.15, 0.2) is 40.8 Å². The zero-order chi connectivity index (χ0) is 57.8. The lowest BCUT2D eigenvalue weighted by molar-refractivity contribution is 0.483. The Hall–Kier alpha value is -10.7. The van der Waals surface area contributed by atoms with Crippen LogP contribution in [0.1, 0.15) is 52.7 Å². The van der Waals surface area contributed by atoms with Crippen molar-refractivity contribution in [3.05, 3.63) is 248 Å². The van der Waals surface area contributed by atoms with Crippen LogP contribution >= 0.6 is 0 Å². The number of hydrogen-bond acceptors (Lipinski definition) is 11. The first-order valence-corrected chi connectivity index (χ1v) is 28.6. The minimum atomic E-state index is -0.358. The highest BCUT2D eigenvalue weighted by Crippen LogP contribution is 2.51. The van der Waals surface area contributed by atoms with E-state index in [4.69, 9.17) is 44.6 Å². The van der Waals surface area contributed by atoms with Gasteiger partial charge in [-0.1, -0.05) is 187 Å². The number of aromatic nitrogens is 9. The van der Waals surface area contributed by atoms with E-state index in [2.05, 4.69) is 135 Å². The Kier molecular flexibility index (Phi) is 13.1. The molecule has 0 spiro atoms. The third-order valence-electron chi connectivity index (χ3n) is 15.6. The maximum atomic E-state index is 6.90. The van der Waals surface area contributed by atoms with Crippen LogP contribution < -0.4 is 14.5 Å². The number of anilines is 4. The molecule has 85 heavy (non-hydrogen) atoms. The number of para-hydroxylation sites is 1. The summed E-state index contributed by atoms with van der Waals surface area (Å²) in [5.74, 6) is 6.13. The highest BCUT2D eigenvalue weighted by atomic mass is 16.5. The largest absolute Gasteiger partial charge is 0.457 e. The van der Waals surface area contributed by atoms with E-state index >= 15 is 0 Å². The Bertz CT molecular complexity index is 4370. The molecule has 12 nitrogen and oxygen atoms in total. The second-order valence-electron chi connectivity index (χ2n) is 23.4. The molecule has 0 N–H and O–H groups in total. The molecule has 5 aromatic heterocycles. The van der Waals surface area contributed by atoms with Crippen molar-refractivity contribution in [1.29, 1.82) is 0 Å². The molecule has 1 aliphatic rings. The molecule has 0 saturated carbocycles. The smallest absolute Gasteiger partial charge is 0.166 e. The van der Waals surface area contributed by atoms with Gasteiger partial charge in [-0.3, -0.25) is 4.57 Å². The normalized spacial score (nSPS) is 12.5. The van der Waals surface area contributed by atoms with E-state index < -0.39 is 0 Å². The third-order valence-corrected chi connectivity index (χ3v) is 15.6. The number of rotatable bonds is 11. The lowest BCUT2D eigenvalue weighted by atomic mass is 9.83. The molecule has 0 unspecified atom stereocenters. The highest BCUT2D eigenvalue weighted by molar-refractivity contribution is 6.09. The quantitative estimate of drug-likeness (QED) is 0.123. The standard InChI is InChI=1S/C73H59N11O/c1-72(2,3)51-38-40-74-63(43-51)84-60-34-20-19-33-56(60)57-37-36-55(45-62(57)84)85-54-32-21-31-53(44-54)82-46-83(61-35-22-39-75-71(61)82)64-58(69-78-65(47-23-11-7-12-24-47)76-66(79-69)48-25-13-8-14-26-48)41-52(73(4,5)6)42-59(64)70-80-67(49-27-15-9-16-28-49)77-68(81-70)50-29-17-10-18-30-50/h7-45H,46H2,1-6H3. The lowest BCUT2D eigenvalue weighted by Crippen LogP contribution is -2.26. The van der Waals surface area contributed by atoms with Crippen LogP contribution in [-0.4, -0.2) is 51.1 Å². The lowest BCUT2D eigenvalue weighted by Gasteiger charge is -2.29. The van der Waals surface area contributed by atoms with Crippen molar-refractivity contribution in [2.75, 3.05) is 16.5 Å². The minimum Gasteiger partial charge on any atom is -0.457 e. The summed E-state index contributed by atoms with van der Waals surface area (Å²) in [6.45, 7) is 13.7. The molecule has 0 saturated heterocycles. The number of nitrogens with zero attached hydrogens (tertiary/aromatic N) is 11. The van der Waals surface area contributed by atoms with E-state index in [-0.39, 0.29) is 10.8 Å². The topological polar surface area (TPSA) is 124 Å². The summed E-state index contributed by atoms with van der Waals surface area (Å²) in [5, 5.41) is 2.26. The van der Waals surface area contributed by atoms with E-state index in [1.807, 2.05) is 158 Å². The van der Waals surface area contributed by atoms with E-state index in [0.29, 0.717) is 53.1 Å². The monoisotopic (exact) mass is 1110 g/mol. The SMILES string of the molecule is CC(C)(C)c1ccnc(-n2c3ccccc3c3ccc(Oc4cccc(N5CN(c6c(-c7nc(-c8ccccc8)nc(-c8ccccc8)n7)cc(C(C)(C)C)cc6-c6nc(-c7ccccc7)nc(-c7ccccc7)n6)c6cccnc65)c4)cc32)c1. The average molecular weight is 1110 g/mol. The molecule has 412 valence electrons. The van der Waals surface area contributed by atoms with Crippen molar-refractivity contribution < 1.29 is 4.74 Å². The van der Waals surface area contributed by atoms with Gasteiger partial charge in [0.05, 0.1) is 22.4 Å². The van der Waals surface area contributed by atoms with Crippen molar-refractivity contribution >= 4 is 44.7 Å². The molecule has 0 atom stereocenters. The van der Waals surface area contributed by atoms with Crippen molar-refractivity contribution in [1.82, 2.24) is 44.4 Å². The van der Waals surface area contributed by atoms with Gasteiger partial charge in [-0.25, -0.2) is 39.9 Å². The molecule has 0 fully saturated rings. The predicted octanol–water partition coefficient (Wildman–Crippen LogP) is 17.6. The number of fused-ring (bicyclic) bond motifs is 4. The van der Waals surface area contributed by atoms with Gasteiger partial charge >= 0.3 is 0 Å². The average Bonchev–Trinajstić information content (AvgIpc) is 2.24. The van der Waals surface area contributed by atoms with Crippen LogP contribution in [0.4, 0.5) is 22.9 Å². The molecule has 12 heteroatoms. The van der Waals surface area contributed by atoms with Crippen molar-refractivity contribution in [2.24, 2.45) is 0 Å². The van der Waals surface area contributed by atoms with E-state index in [0.717, 1.165) is 89.4 Å². The van der Waals surface area contributed by atoms with E-state index in [1.165, 1.54) is 5.56 Å². The molecular weight excluding hydrogens is 1050 g/mol.